The summed E-state index contributed by atoms with van der Waals surface area (Å²) in [4.78, 5) is 18.0. The topological polar surface area (TPSA) is 36.7 Å². The lowest BCUT2D eigenvalue weighted by molar-refractivity contribution is -0.121. The summed E-state index contributed by atoms with van der Waals surface area (Å²) in [6.07, 6.45) is 1.16. The molecule has 1 amide bonds. The van der Waals surface area contributed by atoms with E-state index in [4.69, 9.17) is 18.8 Å². The molecule has 1 aliphatic rings. The van der Waals surface area contributed by atoms with Crippen molar-refractivity contribution in [2.24, 2.45) is 0 Å². The third kappa shape index (κ3) is 3.31. The molecule has 0 aromatic heterocycles. The average Bonchev–Trinajstić information content (AvgIpc) is 2.83. The van der Waals surface area contributed by atoms with Crippen molar-refractivity contribution >= 4 is 34.6 Å². The van der Waals surface area contributed by atoms with Crippen molar-refractivity contribution in [1.82, 2.24) is 5.32 Å². The average molecular weight is 367 g/mol. The van der Waals surface area contributed by atoms with Gasteiger partial charge in [0.1, 0.15) is 11.4 Å². The lowest BCUT2D eigenvalue weighted by atomic mass is 9.93. The summed E-state index contributed by atoms with van der Waals surface area (Å²) in [6, 6.07) is 11.5. The minimum atomic E-state index is -0.822. The molecule has 1 fully saturated rings. The van der Waals surface area contributed by atoms with Crippen molar-refractivity contribution in [2.45, 2.75) is 32.2 Å². The minimum Gasteiger partial charge on any atom is -0.348 e. The number of carbonyl (C=O) groups excluding carboxylic acids is 1. The number of hydrogen-bond donors (Lipinski definition) is 1. The van der Waals surface area contributed by atoms with Crippen LogP contribution in [0, 0.1) is 19.3 Å². The quantitative estimate of drug-likeness (QED) is 0.647. The minimum absolute atomic E-state index is 0.125. The van der Waals surface area contributed by atoms with Gasteiger partial charge in [-0.15, -0.1) is 0 Å². The molecule has 2 aromatic rings. The molecule has 1 heterocycles. The van der Waals surface area contributed by atoms with Gasteiger partial charge in [-0.25, -0.2) is 9.24 Å². The lowest BCUT2D eigenvalue weighted by Gasteiger charge is -2.22. The Morgan fingerprint density at radius 1 is 1.27 bits per heavy atom. The SMILES string of the molecule is [C-]#[N+]c1ccc(N2C(=O)C(C)(CCc3ccc(F)cc3)NC2=S)cc1C. The number of thiocarbonyl (C=S) groups is 1. The molecule has 0 spiro atoms. The molecule has 0 bridgehead atoms. The van der Waals surface area contributed by atoms with Crippen LogP contribution in [0.25, 0.3) is 4.85 Å². The van der Waals surface area contributed by atoms with Gasteiger partial charge in [-0.05, 0) is 74.3 Å². The van der Waals surface area contributed by atoms with Gasteiger partial charge in [-0.3, -0.25) is 9.69 Å². The number of aryl methyl sites for hydroxylation is 2. The smallest absolute Gasteiger partial charge is 0.258 e. The van der Waals surface area contributed by atoms with E-state index in [1.54, 1.807) is 30.3 Å². The van der Waals surface area contributed by atoms with E-state index in [0.29, 0.717) is 29.3 Å². The van der Waals surface area contributed by atoms with Gasteiger partial charge >= 0.3 is 0 Å². The predicted octanol–water partition coefficient (Wildman–Crippen LogP) is 4.30. The molecule has 26 heavy (non-hydrogen) atoms. The Hall–Kier alpha value is -2.78. The zero-order valence-electron chi connectivity index (χ0n) is 14.5. The Labute approximate surface area is 157 Å². The molecule has 4 nitrogen and oxygen atoms in total. The van der Waals surface area contributed by atoms with E-state index in [9.17, 15) is 9.18 Å². The second-order valence-corrected chi connectivity index (χ2v) is 7.00. The van der Waals surface area contributed by atoms with E-state index in [1.807, 2.05) is 13.8 Å². The first-order chi connectivity index (χ1) is 12.3. The van der Waals surface area contributed by atoms with Gasteiger partial charge < -0.3 is 5.32 Å². The number of nitrogens with zero attached hydrogens (tertiary/aromatic N) is 2. The van der Waals surface area contributed by atoms with Gasteiger partial charge in [0.15, 0.2) is 10.8 Å². The van der Waals surface area contributed by atoms with Gasteiger partial charge in [0, 0.05) is 5.69 Å². The standard InChI is InChI=1S/C20H18FN3OS/c1-13-12-16(8-9-17(13)22-3)24-18(25)20(2,23-19(24)26)11-10-14-4-6-15(21)7-5-14/h4-9,12H,10-11H2,1-2H3,(H,23,26). The van der Waals surface area contributed by atoms with Crippen LogP contribution in [0.3, 0.4) is 0 Å². The lowest BCUT2D eigenvalue weighted by Crippen LogP contribution is -2.44. The van der Waals surface area contributed by atoms with E-state index in [1.165, 1.54) is 17.0 Å². The second-order valence-electron chi connectivity index (χ2n) is 6.61. The first kappa shape index (κ1) is 18.0. The van der Waals surface area contributed by atoms with Crippen LogP contribution in [0.15, 0.2) is 42.5 Å². The Kier molecular flexibility index (Phi) is 4.75. The first-order valence-electron chi connectivity index (χ1n) is 8.23. The van der Waals surface area contributed by atoms with Crippen LogP contribution in [-0.4, -0.2) is 16.6 Å². The van der Waals surface area contributed by atoms with Crippen molar-refractivity contribution < 1.29 is 9.18 Å². The number of halogens is 1. The van der Waals surface area contributed by atoms with Gasteiger partial charge in [0.25, 0.3) is 5.91 Å². The fourth-order valence-electron chi connectivity index (χ4n) is 3.04. The van der Waals surface area contributed by atoms with E-state index < -0.39 is 5.54 Å². The van der Waals surface area contributed by atoms with E-state index in [2.05, 4.69) is 10.2 Å². The molecular weight excluding hydrogens is 349 g/mol. The van der Waals surface area contributed by atoms with E-state index >= 15 is 0 Å². The molecule has 2 aromatic carbocycles. The van der Waals surface area contributed by atoms with Crippen molar-refractivity contribution in [3.05, 3.63) is 70.8 Å². The first-order valence-corrected chi connectivity index (χ1v) is 8.64. The van der Waals surface area contributed by atoms with E-state index in [0.717, 1.165) is 11.1 Å². The number of hydrogen-bond acceptors (Lipinski definition) is 2. The Morgan fingerprint density at radius 2 is 1.96 bits per heavy atom. The molecule has 132 valence electrons. The van der Waals surface area contributed by atoms with Gasteiger partial charge in [-0.1, -0.05) is 18.2 Å². The van der Waals surface area contributed by atoms with Crippen LogP contribution in [0.4, 0.5) is 15.8 Å². The van der Waals surface area contributed by atoms with Crippen LogP contribution in [0.1, 0.15) is 24.5 Å². The molecule has 0 radical (unpaired) electrons. The van der Waals surface area contributed by atoms with Crippen molar-refractivity contribution in [1.29, 1.82) is 0 Å². The molecule has 1 atom stereocenters. The normalized spacial score (nSPS) is 19.4. The van der Waals surface area contributed by atoms with Crippen molar-refractivity contribution in [3.63, 3.8) is 0 Å². The van der Waals surface area contributed by atoms with Crippen molar-refractivity contribution in [3.8, 4) is 0 Å². The van der Waals surface area contributed by atoms with Crippen LogP contribution < -0.4 is 10.2 Å². The summed E-state index contributed by atoms with van der Waals surface area (Å²) in [5, 5.41) is 3.48. The fourth-order valence-corrected chi connectivity index (χ4v) is 3.45. The highest BCUT2D eigenvalue weighted by atomic mass is 32.1. The second kappa shape index (κ2) is 6.85. The maximum Gasteiger partial charge on any atom is 0.258 e. The van der Waals surface area contributed by atoms with E-state index in [-0.39, 0.29) is 11.7 Å². The third-order valence-corrected chi connectivity index (χ3v) is 4.93. The summed E-state index contributed by atoms with van der Waals surface area (Å²) in [5.74, 6) is -0.403. The zero-order chi connectivity index (χ0) is 18.9. The predicted molar refractivity (Wildman–Crippen MR) is 104 cm³/mol. The van der Waals surface area contributed by atoms with Crippen LogP contribution in [0.5, 0.6) is 0 Å². The van der Waals surface area contributed by atoms with Crippen LogP contribution >= 0.6 is 12.2 Å². The van der Waals surface area contributed by atoms with Crippen LogP contribution in [0.2, 0.25) is 0 Å². The Morgan fingerprint density at radius 3 is 2.58 bits per heavy atom. The van der Waals surface area contributed by atoms with Gasteiger partial charge in [0.2, 0.25) is 0 Å². The fraction of sp³-hybridized carbons (Fsp3) is 0.250. The Bertz CT molecular complexity index is 920. The number of amides is 1. The molecule has 0 aliphatic carbocycles. The number of benzene rings is 2. The molecule has 3 rings (SSSR count). The third-order valence-electron chi connectivity index (χ3n) is 4.65. The number of rotatable bonds is 4. The van der Waals surface area contributed by atoms with Gasteiger partial charge in [-0.2, -0.15) is 0 Å². The number of anilines is 1. The maximum atomic E-state index is 13.0. The number of nitrogens with one attached hydrogen (secondary N) is 1. The summed E-state index contributed by atoms with van der Waals surface area (Å²) < 4.78 is 13.0. The highest BCUT2D eigenvalue weighted by Crippen LogP contribution is 2.31. The largest absolute Gasteiger partial charge is 0.348 e. The molecule has 1 saturated heterocycles. The number of carbonyl (C=O) groups is 1. The maximum absolute atomic E-state index is 13.0. The summed E-state index contributed by atoms with van der Waals surface area (Å²) in [5.41, 5.74) is 2.15. The van der Waals surface area contributed by atoms with Crippen LogP contribution in [-0.2, 0) is 11.2 Å². The van der Waals surface area contributed by atoms with Crippen molar-refractivity contribution in [2.75, 3.05) is 4.90 Å². The Balaban J connectivity index is 1.80. The summed E-state index contributed by atoms with van der Waals surface area (Å²) in [6.45, 7) is 10.8. The summed E-state index contributed by atoms with van der Waals surface area (Å²) in [7, 11) is 0. The highest BCUT2D eigenvalue weighted by Gasteiger charge is 2.45. The molecule has 1 aliphatic heterocycles. The summed E-state index contributed by atoms with van der Waals surface area (Å²) >= 11 is 5.38. The molecule has 0 saturated carbocycles. The van der Waals surface area contributed by atoms with Gasteiger partial charge in [0.05, 0.1) is 6.57 Å². The highest BCUT2D eigenvalue weighted by molar-refractivity contribution is 7.80. The molecule has 6 heteroatoms. The molecular formula is C20H18FN3OS. The molecule has 1 N–H and O–H groups in total. The molecule has 1 unspecified atom stereocenters. The zero-order valence-corrected chi connectivity index (χ0v) is 15.4. The monoisotopic (exact) mass is 367 g/mol.